The first-order chi connectivity index (χ1) is 15.7. The highest BCUT2D eigenvalue weighted by atomic mass is 32.1. The summed E-state index contributed by atoms with van der Waals surface area (Å²) in [5.41, 5.74) is 0.765. The topological polar surface area (TPSA) is 112 Å². The number of ether oxygens (including phenoxy) is 4. The number of carbonyl (C=O) groups excluding carboxylic acids is 2. The van der Waals surface area contributed by atoms with Gasteiger partial charge in [0.1, 0.15) is 22.6 Å². The van der Waals surface area contributed by atoms with E-state index in [4.69, 9.17) is 18.9 Å². The number of carbonyl (C=O) groups is 2. The first kappa shape index (κ1) is 24.4. The lowest BCUT2D eigenvalue weighted by Crippen LogP contribution is -2.05. The Hall–Kier alpha value is -3.24. The van der Waals surface area contributed by atoms with Crippen molar-refractivity contribution in [2.75, 3.05) is 28.4 Å². The van der Waals surface area contributed by atoms with Crippen molar-refractivity contribution in [3.05, 3.63) is 54.4 Å². The Bertz CT molecular complexity index is 1140. The highest BCUT2D eigenvalue weighted by Gasteiger charge is 2.34. The molecule has 33 heavy (non-hydrogen) atoms. The van der Waals surface area contributed by atoms with Gasteiger partial charge in [0.05, 0.1) is 44.1 Å². The average Bonchev–Trinajstić information content (AvgIpc) is 3.27. The summed E-state index contributed by atoms with van der Waals surface area (Å²) >= 11 is 2.40. The van der Waals surface area contributed by atoms with Crippen LogP contribution in [0.2, 0.25) is 0 Å². The van der Waals surface area contributed by atoms with E-state index in [1.54, 1.807) is 32.0 Å². The van der Waals surface area contributed by atoms with Crippen LogP contribution in [0.4, 0.5) is 0 Å². The fraction of sp³-hybridized carbons (Fsp3) is 0.304. The van der Waals surface area contributed by atoms with E-state index < -0.39 is 17.9 Å². The zero-order valence-electron chi connectivity index (χ0n) is 19.0. The first-order valence-corrected chi connectivity index (χ1v) is 11.4. The zero-order chi connectivity index (χ0) is 24.4. The van der Waals surface area contributed by atoms with Gasteiger partial charge < -0.3 is 29.2 Å². The maximum atomic E-state index is 12.3. The van der Waals surface area contributed by atoms with Crippen LogP contribution in [0.15, 0.2) is 18.2 Å². The Morgan fingerprint density at radius 3 is 1.64 bits per heavy atom. The molecule has 0 spiro atoms. The Kier molecular flexibility index (Phi) is 7.19. The molecule has 2 N–H and O–H groups in total. The second-order valence-corrected chi connectivity index (χ2v) is 9.54. The van der Waals surface area contributed by atoms with Crippen LogP contribution in [0.25, 0.3) is 0 Å². The standard InChI is InChI=1S/C23H24O8S2/c1-10-15(22(26)30-5)18(24)20(32-10)17(12-7-8-13(28-3)14(9-12)29-4)21-19(25)16(11(2)33-21)23(27)31-6/h7-9,17,24-25H,1-6H3. The Morgan fingerprint density at radius 2 is 1.24 bits per heavy atom. The summed E-state index contributed by atoms with van der Waals surface area (Å²) in [5, 5.41) is 22.1. The molecule has 0 atom stereocenters. The van der Waals surface area contributed by atoms with E-state index in [-0.39, 0.29) is 22.6 Å². The number of thiophene rings is 2. The summed E-state index contributed by atoms with van der Waals surface area (Å²) < 4.78 is 20.4. The second kappa shape index (κ2) is 9.72. The lowest BCUT2D eigenvalue weighted by molar-refractivity contribution is 0.0588. The third kappa shape index (κ3) is 4.23. The molecule has 1 aromatic carbocycles. The SMILES string of the molecule is COC(=O)c1c(C)sc(C(c2ccc(OC)c(OC)c2)c2sc(C)c(C(=O)OC)c2O)c1O. The minimum Gasteiger partial charge on any atom is -0.506 e. The fourth-order valence-electron chi connectivity index (χ4n) is 3.64. The number of esters is 2. The monoisotopic (exact) mass is 492 g/mol. The van der Waals surface area contributed by atoms with Crippen LogP contribution in [-0.4, -0.2) is 50.6 Å². The molecular weight excluding hydrogens is 468 g/mol. The number of benzene rings is 1. The molecule has 3 aromatic rings. The molecule has 0 amide bonds. The van der Waals surface area contributed by atoms with Gasteiger partial charge in [-0.3, -0.25) is 0 Å². The van der Waals surface area contributed by atoms with E-state index in [0.717, 1.165) is 0 Å². The summed E-state index contributed by atoms with van der Waals surface area (Å²) in [4.78, 5) is 26.5. The Morgan fingerprint density at radius 1 is 0.788 bits per heavy atom. The van der Waals surface area contributed by atoms with Crippen LogP contribution >= 0.6 is 22.7 Å². The van der Waals surface area contributed by atoms with Gasteiger partial charge in [-0.1, -0.05) is 6.07 Å². The second-order valence-electron chi connectivity index (χ2n) is 7.02. The van der Waals surface area contributed by atoms with Gasteiger partial charge in [-0.2, -0.15) is 0 Å². The number of hydrogen-bond donors (Lipinski definition) is 2. The minimum atomic E-state index is -0.714. The van der Waals surface area contributed by atoms with Crippen LogP contribution in [-0.2, 0) is 9.47 Å². The van der Waals surface area contributed by atoms with Crippen molar-refractivity contribution in [2.24, 2.45) is 0 Å². The third-order valence-corrected chi connectivity index (χ3v) is 7.53. The van der Waals surface area contributed by atoms with E-state index in [1.807, 2.05) is 0 Å². The van der Waals surface area contributed by atoms with Gasteiger partial charge in [-0.05, 0) is 31.5 Å². The van der Waals surface area contributed by atoms with Gasteiger partial charge >= 0.3 is 11.9 Å². The number of aromatic hydroxyl groups is 2. The van der Waals surface area contributed by atoms with Crippen molar-refractivity contribution >= 4 is 34.6 Å². The molecule has 0 saturated carbocycles. The van der Waals surface area contributed by atoms with Crippen LogP contribution < -0.4 is 9.47 Å². The van der Waals surface area contributed by atoms with Crippen LogP contribution in [0.5, 0.6) is 23.0 Å². The van der Waals surface area contributed by atoms with Crippen molar-refractivity contribution in [2.45, 2.75) is 19.8 Å². The molecule has 2 aromatic heterocycles. The zero-order valence-corrected chi connectivity index (χ0v) is 20.6. The predicted octanol–water partition coefficient (Wildman–Crippen LogP) is 4.61. The maximum absolute atomic E-state index is 12.3. The molecule has 0 fully saturated rings. The van der Waals surface area contributed by atoms with Crippen molar-refractivity contribution in [3.63, 3.8) is 0 Å². The molecule has 176 valence electrons. The molecule has 0 aliphatic carbocycles. The van der Waals surface area contributed by atoms with Crippen molar-refractivity contribution in [1.29, 1.82) is 0 Å². The Labute approximate surface area is 198 Å². The first-order valence-electron chi connectivity index (χ1n) is 9.73. The van der Waals surface area contributed by atoms with Crippen LogP contribution in [0.1, 0.15) is 51.7 Å². The minimum absolute atomic E-state index is 0.0592. The van der Waals surface area contributed by atoms with Crippen molar-refractivity contribution < 1.29 is 38.7 Å². The number of rotatable bonds is 7. The lowest BCUT2D eigenvalue weighted by atomic mass is 9.93. The van der Waals surface area contributed by atoms with E-state index in [0.29, 0.717) is 36.6 Å². The van der Waals surface area contributed by atoms with Crippen molar-refractivity contribution in [1.82, 2.24) is 0 Å². The molecule has 3 rings (SSSR count). The molecule has 0 unspecified atom stereocenters. The van der Waals surface area contributed by atoms with E-state index in [1.165, 1.54) is 51.1 Å². The number of methoxy groups -OCH3 is 4. The largest absolute Gasteiger partial charge is 0.506 e. The summed E-state index contributed by atoms with van der Waals surface area (Å²) in [6.45, 7) is 3.40. The lowest BCUT2D eigenvalue weighted by Gasteiger charge is -2.18. The van der Waals surface area contributed by atoms with Crippen LogP contribution in [0, 0.1) is 13.8 Å². The summed E-state index contributed by atoms with van der Waals surface area (Å²) in [7, 11) is 5.49. The molecule has 2 heterocycles. The smallest absolute Gasteiger partial charge is 0.342 e. The quantitative estimate of drug-likeness (QED) is 0.460. The molecular formula is C23H24O8S2. The van der Waals surface area contributed by atoms with E-state index in [9.17, 15) is 19.8 Å². The van der Waals surface area contributed by atoms with Gasteiger partial charge in [-0.25, -0.2) is 9.59 Å². The Balaban J connectivity index is 2.33. The predicted molar refractivity (Wildman–Crippen MR) is 125 cm³/mol. The molecule has 8 nitrogen and oxygen atoms in total. The molecule has 0 radical (unpaired) electrons. The number of aryl methyl sites for hydroxylation is 2. The highest BCUT2D eigenvalue weighted by Crippen LogP contribution is 2.51. The van der Waals surface area contributed by atoms with Gasteiger partial charge in [0.2, 0.25) is 0 Å². The van der Waals surface area contributed by atoms with Gasteiger partial charge in [0, 0.05) is 9.75 Å². The summed E-state index contributed by atoms with van der Waals surface area (Å²) in [6, 6.07) is 5.20. The van der Waals surface area contributed by atoms with Crippen LogP contribution in [0.3, 0.4) is 0 Å². The third-order valence-electron chi connectivity index (χ3n) is 5.21. The molecule has 0 aliphatic heterocycles. The van der Waals surface area contributed by atoms with Crippen molar-refractivity contribution in [3.8, 4) is 23.0 Å². The van der Waals surface area contributed by atoms with E-state index >= 15 is 0 Å². The highest BCUT2D eigenvalue weighted by molar-refractivity contribution is 7.14. The van der Waals surface area contributed by atoms with Gasteiger partial charge in [0.15, 0.2) is 11.5 Å². The number of hydrogen-bond acceptors (Lipinski definition) is 10. The molecule has 0 bridgehead atoms. The fourth-order valence-corrected chi connectivity index (χ4v) is 6.08. The average molecular weight is 493 g/mol. The molecule has 0 saturated heterocycles. The summed E-state index contributed by atoms with van der Waals surface area (Å²) in [5.74, 6) is -1.58. The van der Waals surface area contributed by atoms with E-state index in [2.05, 4.69) is 0 Å². The summed E-state index contributed by atoms with van der Waals surface area (Å²) in [6.07, 6.45) is 0. The molecule has 10 heteroatoms. The molecule has 0 aliphatic rings. The van der Waals surface area contributed by atoms with Gasteiger partial charge in [0.25, 0.3) is 0 Å². The maximum Gasteiger partial charge on any atom is 0.342 e. The normalized spacial score (nSPS) is 10.9. The van der Waals surface area contributed by atoms with Gasteiger partial charge in [-0.15, -0.1) is 22.7 Å².